The summed E-state index contributed by atoms with van der Waals surface area (Å²) in [7, 11) is 1.62. The second kappa shape index (κ2) is 6.07. The SMILES string of the molecule is COc1ccc(OCc2cc(Cl)ccn2)c(Br)c1. The van der Waals surface area contributed by atoms with Gasteiger partial charge in [-0.1, -0.05) is 11.6 Å². The maximum absolute atomic E-state index is 5.88. The number of rotatable bonds is 4. The van der Waals surface area contributed by atoms with Gasteiger partial charge in [0.2, 0.25) is 0 Å². The Hall–Kier alpha value is -1.26. The van der Waals surface area contributed by atoms with Gasteiger partial charge in [-0.25, -0.2) is 0 Å². The predicted molar refractivity (Wildman–Crippen MR) is 74.3 cm³/mol. The zero-order chi connectivity index (χ0) is 13.0. The monoisotopic (exact) mass is 327 g/mol. The minimum absolute atomic E-state index is 0.367. The van der Waals surface area contributed by atoms with Crippen LogP contribution >= 0.6 is 27.5 Å². The minimum atomic E-state index is 0.367. The highest BCUT2D eigenvalue weighted by molar-refractivity contribution is 9.10. The second-order valence-corrected chi connectivity index (χ2v) is 4.84. The zero-order valence-electron chi connectivity index (χ0n) is 9.69. The number of nitrogens with zero attached hydrogens (tertiary/aromatic N) is 1. The highest BCUT2D eigenvalue weighted by atomic mass is 79.9. The molecule has 0 radical (unpaired) electrons. The molecule has 18 heavy (non-hydrogen) atoms. The second-order valence-electron chi connectivity index (χ2n) is 3.55. The molecule has 5 heteroatoms. The lowest BCUT2D eigenvalue weighted by molar-refractivity contribution is 0.298. The van der Waals surface area contributed by atoms with E-state index in [0.717, 1.165) is 21.7 Å². The van der Waals surface area contributed by atoms with Crippen molar-refractivity contribution < 1.29 is 9.47 Å². The Morgan fingerprint density at radius 1 is 1.28 bits per heavy atom. The summed E-state index contributed by atoms with van der Waals surface area (Å²) >= 11 is 9.30. The van der Waals surface area contributed by atoms with Crippen molar-refractivity contribution in [3.63, 3.8) is 0 Å². The van der Waals surface area contributed by atoms with Crippen LogP contribution in [0.15, 0.2) is 41.0 Å². The smallest absolute Gasteiger partial charge is 0.134 e. The van der Waals surface area contributed by atoms with E-state index >= 15 is 0 Å². The lowest BCUT2D eigenvalue weighted by Gasteiger charge is -2.09. The first-order valence-electron chi connectivity index (χ1n) is 5.26. The van der Waals surface area contributed by atoms with Gasteiger partial charge < -0.3 is 9.47 Å². The van der Waals surface area contributed by atoms with Crippen LogP contribution in [0.4, 0.5) is 0 Å². The third kappa shape index (κ3) is 3.37. The van der Waals surface area contributed by atoms with E-state index in [2.05, 4.69) is 20.9 Å². The molecule has 0 atom stereocenters. The maximum atomic E-state index is 5.88. The molecule has 2 rings (SSSR count). The average molecular weight is 329 g/mol. The normalized spacial score (nSPS) is 10.2. The number of hydrogen-bond donors (Lipinski definition) is 0. The van der Waals surface area contributed by atoms with Crippen LogP contribution in [0.3, 0.4) is 0 Å². The molecule has 0 bridgehead atoms. The average Bonchev–Trinajstić information content (AvgIpc) is 2.37. The van der Waals surface area contributed by atoms with Crippen molar-refractivity contribution >= 4 is 27.5 Å². The minimum Gasteiger partial charge on any atom is -0.497 e. The number of hydrogen-bond acceptors (Lipinski definition) is 3. The van der Waals surface area contributed by atoms with Gasteiger partial charge in [-0.2, -0.15) is 0 Å². The highest BCUT2D eigenvalue weighted by Gasteiger charge is 2.04. The number of pyridine rings is 1. The summed E-state index contributed by atoms with van der Waals surface area (Å²) in [5, 5.41) is 0.650. The Kier molecular flexibility index (Phi) is 4.44. The standard InChI is InChI=1S/C13H11BrClNO2/c1-17-11-2-3-13(12(14)7-11)18-8-10-6-9(15)4-5-16-10/h2-7H,8H2,1H3. The van der Waals surface area contributed by atoms with Crippen LogP contribution in [0.25, 0.3) is 0 Å². The maximum Gasteiger partial charge on any atom is 0.134 e. The first-order chi connectivity index (χ1) is 8.69. The largest absolute Gasteiger partial charge is 0.497 e. The van der Waals surface area contributed by atoms with E-state index in [-0.39, 0.29) is 0 Å². The Labute approximate surface area is 119 Å². The molecule has 94 valence electrons. The van der Waals surface area contributed by atoms with Crippen LogP contribution in [0, 0.1) is 0 Å². The van der Waals surface area contributed by atoms with Gasteiger partial charge in [0.1, 0.15) is 18.1 Å². The zero-order valence-corrected chi connectivity index (χ0v) is 12.0. The van der Waals surface area contributed by atoms with Crippen LogP contribution in [0.2, 0.25) is 5.02 Å². The molecule has 0 spiro atoms. The fraction of sp³-hybridized carbons (Fsp3) is 0.154. The molecule has 3 nitrogen and oxygen atoms in total. The van der Waals surface area contributed by atoms with Crippen molar-refractivity contribution in [3.8, 4) is 11.5 Å². The molecule has 0 N–H and O–H groups in total. The van der Waals surface area contributed by atoms with Crippen molar-refractivity contribution in [2.24, 2.45) is 0 Å². The fourth-order valence-electron chi connectivity index (χ4n) is 1.40. The van der Waals surface area contributed by atoms with E-state index in [1.807, 2.05) is 18.2 Å². The summed E-state index contributed by atoms with van der Waals surface area (Å²) in [6, 6.07) is 9.03. The number of benzene rings is 1. The van der Waals surface area contributed by atoms with Crippen LogP contribution in [0.1, 0.15) is 5.69 Å². The van der Waals surface area contributed by atoms with Crippen LogP contribution in [-0.2, 0) is 6.61 Å². The van der Waals surface area contributed by atoms with Crippen molar-refractivity contribution in [3.05, 3.63) is 51.7 Å². The van der Waals surface area contributed by atoms with E-state index in [4.69, 9.17) is 21.1 Å². The summed E-state index contributed by atoms with van der Waals surface area (Å²) in [6.07, 6.45) is 1.66. The molecule has 1 heterocycles. The van der Waals surface area contributed by atoms with E-state index in [1.165, 1.54) is 0 Å². The predicted octanol–water partition coefficient (Wildman–Crippen LogP) is 4.09. The number of aromatic nitrogens is 1. The highest BCUT2D eigenvalue weighted by Crippen LogP contribution is 2.29. The van der Waals surface area contributed by atoms with Crippen molar-refractivity contribution in [2.45, 2.75) is 6.61 Å². The van der Waals surface area contributed by atoms with Crippen molar-refractivity contribution in [1.82, 2.24) is 4.98 Å². The van der Waals surface area contributed by atoms with Gasteiger partial charge in [0, 0.05) is 11.2 Å². The van der Waals surface area contributed by atoms with E-state index in [0.29, 0.717) is 11.6 Å². The molecule has 1 aromatic heterocycles. The molecule has 0 aliphatic heterocycles. The first kappa shape index (κ1) is 13.2. The van der Waals surface area contributed by atoms with Gasteiger partial charge in [0.05, 0.1) is 17.3 Å². The van der Waals surface area contributed by atoms with E-state index in [9.17, 15) is 0 Å². The number of methoxy groups -OCH3 is 1. The van der Waals surface area contributed by atoms with Gasteiger partial charge in [-0.3, -0.25) is 4.98 Å². The molecule has 0 aliphatic carbocycles. The quantitative estimate of drug-likeness (QED) is 0.847. The summed E-state index contributed by atoms with van der Waals surface area (Å²) in [5.74, 6) is 1.51. The van der Waals surface area contributed by atoms with Crippen LogP contribution < -0.4 is 9.47 Å². The molecular weight excluding hydrogens is 318 g/mol. The van der Waals surface area contributed by atoms with E-state index < -0.39 is 0 Å². The summed E-state index contributed by atoms with van der Waals surface area (Å²) < 4.78 is 11.6. The lowest BCUT2D eigenvalue weighted by Crippen LogP contribution is -1.98. The number of halogens is 2. The molecular formula is C13H11BrClNO2. The van der Waals surface area contributed by atoms with Crippen LogP contribution in [-0.4, -0.2) is 12.1 Å². The topological polar surface area (TPSA) is 31.4 Å². The third-order valence-corrected chi connectivity index (χ3v) is 3.15. The Balaban J connectivity index is 2.06. The molecule has 0 fully saturated rings. The molecule has 0 saturated carbocycles. The van der Waals surface area contributed by atoms with Gasteiger partial charge in [0.15, 0.2) is 0 Å². The number of ether oxygens (including phenoxy) is 2. The Morgan fingerprint density at radius 3 is 2.78 bits per heavy atom. The van der Waals surface area contributed by atoms with Gasteiger partial charge in [-0.15, -0.1) is 0 Å². The lowest BCUT2D eigenvalue weighted by atomic mass is 10.3. The first-order valence-corrected chi connectivity index (χ1v) is 6.43. The van der Waals surface area contributed by atoms with E-state index in [1.54, 1.807) is 25.4 Å². The Morgan fingerprint density at radius 2 is 2.11 bits per heavy atom. The van der Waals surface area contributed by atoms with Crippen LogP contribution in [0.5, 0.6) is 11.5 Å². The molecule has 0 saturated heterocycles. The van der Waals surface area contributed by atoms with Gasteiger partial charge in [0.25, 0.3) is 0 Å². The molecule has 0 amide bonds. The fourth-order valence-corrected chi connectivity index (χ4v) is 2.06. The van der Waals surface area contributed by atoms with Gasteiger partial charge >= 0.3 is 0 Å². The molecule has 0 unspecified atom stereocenters. The van der Waals surface area contributed by atoms with Crippen molar-refractivity contribution in [1.29, 1.82) is 0 Å². The summed E-state index contributed by atoms with van der Waals surface area (Å²) in [6.45, 7) is 0.367. The van der Waals surface area contributed by atoms with Gasteiger partial charge in [-0.05, 0) is 46.3 Å². The molecule has 0 aliphatic rings. The molecule has 1 aromatic carbocycles. The Bertz CT molecular complexity index is 548. The molecule has 2 aromatic rings. The third-order valence-electron chi connectivity index (χ3n) is 2.29. The van der Waals surface area contributed by atoms with Crippen molar-refractivity contribution in [2.75, 3.05) is 7.11 Å². The summed E-state index contributed by atoms with van der Waals surface area (Å²) in [4.78, 5) is 4.17. The summed E-state index contributed by atoms with van der Waals surface area (Å²) in [5.41, 5.74) is 0.783.